The number of phenols is 2. The van der Waals surface area contributed by atoms with Gasteiger partial charge in [0.15, 0.2) is 0 Å². The summed E-state index contributed by atoms with van der Waals surface area (Å²) in [6.45, 7) is 9.56. The second-order valence-electron chi connectivity index (χ2n) is 10.1. The molecule has 0 radical (unpaired) electrons. The summed E-state index contributed by atoms with van der Waals surface area (Å²) in [6.07, 6.45) is 6.25. The Kier molecular flexibility index (Phi) is 7.73. The number of aryl methyl sites for hydroxylation is 1. The minimum Gasteiger partial charge on any atom is -0.508 e. The lowest BCUT2D eigenvalue weighted by molar-refractivity contribution is 0.145. The van der Waals surface area contributed by atoms with Gasteiger partial charge in [0.25, 0.3) is 0 Å². The number of aromatic hydroxyl groups is 2. The molecule has 1 aromatic heterocycles. The highest BCUT2D eigenvalue weighted by molar-refractivity contribution is 5.70. The van der Waals surface area contributed by atoms with Crippen LogP contribution in [0.1, 0.15) is 30.9 Å². The van der Waals surface area contributed by atoms with Crippen molar-refractivity contribution in [2.24, 2.45) is 0 Å². The van der Waals surface area contributed by atoms with Crippen LogP contribution in [0.15, 0.2) is 60.8 Å². The van der Waals surface area contributed by atoms with E-state index in [4.69, 9.17) is 0 Å². The summed E-state index contributed by atoms with van der Waals surface area (Å²) < 4.78 is 0. The first-order valence-electron chi connectivity index (χ1n) is 13.4. The van der Waals surface area contributed by atoms with E-state index in [0.29, 0.717) is 11.8 Å². The molecule has 1 saturated heterocycles. The van der Waals surface area contributed by atoms with Crippen molar-refractivity contribution in [1.29, 1.82) is 0 Å². The van der Waals surface area contributed by atoms with E-state index in [2.05, 4.69) is 38.7 Å². The van der Waals surface area contributed by atoms with Crippen molar-refractivity contribution < 1.29 is 10.2 Å². The van der Waals surface area contributed by atoms with Crippen LogP contribution in [0.3, 0.4) is 0 Å². The molecule has 2 N–H and O–H groups in total. The first-order valence-corrected chi connectivity index (χ1v) is 13.4. The maximum atomic E-state index is 10.6. The van der Waals surface area contributed by atoms with Crippen molar-refractivity contribution in [2.75, 3.05) is 50.7 Å². The van der Waals surface area contributed by atoms with Crippen LogP contribution in [-0.4, -0.2) is 76.9 Å². The normalized spacial score (nSPS) is 18.4. The van der Waals surface area contributed by atoms with E-state index < -0.39 is 0 Å². The Morgan fingerprint density at radius 1 is 0.944 bits per heavy atom. The van der Waals surface area contributed by atoms with Crippen LogP contribution in [0, 0.1) is 0 Å². The summed E-state index contributed by atoms with van der Waals surface area (Å²) in [6, 6.07) is 18.1. The van der Waals surface area contributed by atoms with Gasteiger partial charge in [-0.25, -0.2) is 0 Å². The molecule has 2 aromatic carbocycles. The van der Waals surface area contributed by atoms with Crippen molar-refractivity contribution in [3.05, 3.63) is 71.9 Å². The molecule has 0 saturated carbocycles. The smallest absolute Gasteiger partial charge is 0.127 e. The van der Waals surface area contributed by atoms with Crippen molar-refractivity contribution in [3.8, 4) is 22.8 Å². The number of fused-ring (bicyclic) bond motifs is 1. The number of benzene rings is 2. The highest BCUT2D eigenvalue weighted by Crippen LogP contribution is 2.32. The van der Waals surface area contributed by atoms with E-state index in [1.807, 2.05) is 42.5 Å². The molecule has 1 atom stereocenters. The van der Waals surface area contributed by atoms with Crippen LogP contribution in [0.25, 0.3) is 11.3 Å². The fraction of sp³-hybridized carbons (Fsp3) is 0.433. The van der Waals surface area contributed by atoms with Crippen LogP contribution in [0.5, 0.6) is 11.5 Å². The zero-order valence-electron chi connectivity index (χ0n) is 21.3. The van der Waals surface area contributed by atoms with Gasteiger partial charge in [0.05, 0.1) is 5.69 Å². The number of piperazine rings is 1. The molecule has 0 bridgehead atoms. The lowest BCUT2D eigenvalue weighted by atomic mass is 9.87. The molecule has 190 valence electrons. The molecule has 0 spiro atoms. The zero-order chi connectivity index (χ0) is 24.9. The molecule has 1 aliphatic heterocycles. The molecule has 1 fully saturated rings. The van der Waals surface area contributed by atoms with Gasteiger partial charge in [-0.05, 0) is 79.8 Å². The van der Waals surface area contributed by atoms with E-state index in [1.165, 1.54) is 17.5 Å². The molecule has 6 heteroatoms. The molecule has 2 heterocycles. The molecule has 3 aromatic rings. The van der Waals surface area contributed by atoms with Gasteiger partial charge in [0.2, 0.25) is 0 Å². The predicted octanol–water partition coefficient (Wildman–Crippen LogP) is 4.55. The third kappa shape index (κ3) is 5.66. The van der Waals surface area contributed by atoms with Gasteiger partial charge >= 0.3 is 0 Å². The van der Waals surface area contributed by atoms with Crippen molar-refractivity contribution >= 4 is 5.69 Å². The number of pyridine rings is 1. The lowest BCUT2D eigenvalue weighted by Gasteiger charge is -2.39. The average Bonchev–Trinajstić information content (AvgIpc) is 2.91. The Balaban J connectivity index is 1.14. The summed E-state index contributed by atoms with van der Waals surface area (Å²) in [5, 5.41) is 20.6. The van der Waals surface area contributed by atoms with Gasteiger partial charge in [-0.15, -0.1) is 0 Å². The van der Waals surface area contributed by atoms with Gasteiger partial charge in [0.1, 0.15) is 11.5 Å². The SMILES string of the molecule is CCCN(CCN1CCN(c2ccc(-c3ccccn3)c(O)c2)CC1)C1CCc2ccc(O)cc2C1. The van der Waals surface area contributed by atoms with E-state index in [0.717, 1.165) is 82.0 Å². The summed E-state index contributed by atoms with van der Waals surface area (Å²) in [4.78, 5) is 12.0. The number of nitrogens with zero attached hydrogens (tertiary/aromatic N) is 4. The third-order valence-electron chi connectivity index (χ3n) is 7.78. The summed E-state index contributed by atoms with van der Waals surface area (Å²) in [5.41, 5.74) is 5.35. The molecular weight excluding hydrogens is 448 g/mol. The topological polar surface area (TPSA) is 63.1 Å². The molecule has 1 unspecified atom stereocenters. The number of aromatic nitrogens is 1. The van der Waals surface area contributed by atoms with Crippen LogP contribution in [0.4, 0.5) is 5.69 Å². The highest BCUT2D eigenvalue weighted by Gasteiger charge is 2.25. The van der Waals surface area contributed by atoms with E-state index in [1.54, 1.807) is 6.20 Å². The minimum atomic E-state index is 0.284. The lowest BCUT2D eigenvalue weighted by Crippen LogP contribution is -2.50. The molecule has 5 rings (SSSR count). The number of hydrogen-bond acceptors (Lipinski definition) is 6. The zero-order valence-corrected chi connectivity index (χ0v) is 21.3. The Morgan fingerprint density at radius 3 is 2.56 bits per heavy atom. The summed E-state index contributed by atoms with van der Waals surface area (Å²) >= 11 is 0. The van der Waals surface area contributed by atoms with Crippen molar-refractivity contribution in [2.45, 2.75) is 38.6 Å². The maximum Gasteiger partial charge on any atom is 0.127 e. The Hall–Kier alpha value is -3.09. The fourth-order valence-electron chi connectivity index (χ4n) is 5.76. The van der Waals surface area contributed by atoms with E-state index in [9.17, 15) is 10.2 Å². The van der Waals surface area contributed by atoms with Crippen LogP contribution in [0.2, 0.25) is 0 Å². The first kappa shape index (κ1) is 24.6. The largest absolute Gasteiger partial charge is 0.508 e. The standard InChI is InChI=1S/C30H38N4O2/c1-2-13-33(25-8-6-23-7-10-27(35)21-24(23)20-25)17-14-32-15-18-34(19-16-32)26-9-11-28(30(36)22-26)29-5-3-4-12-31-29/h3-5,7,9-12,21-22,25,35-36H,2,6,8,13-20H2,1H3. The van der Waals surface area contributed by atoms with Gasteiger partial charge in [0, 0.05) is 68.8 Å². The molecular formula is C30H38N4O2. The predicted molar refractivity (Wildman–Crippen MR) is 146 cm³/mol. The fourth-order valence-corrected chi connectivity index (χ4v) is 5.76. The van der Waals surface area contributed by atoms with Crippen LogP contribution < -0.4 is 4.90 Å². The van der Waals surface area contributed by atoms with Crippen LogP contribution >= 0.6 is 0 Å². The van der Waals surface area contributed by atoms with Crippen LogP contribution in [-0.2, 0) is 12.8 Å². The van der Waals surface area contributed by atoms with Gasteiger partial charge in [-0.3, -0.25) is 14.8 Å². The second-order valence-corrected chi connectivity index (χ2v) is 10.1. The Morgan fingerprint density at radius 2 is 1.81 bits per heavy atom. The number of phenolic OH excluding ortho intramolecular Hbond substituents is 2. The Labute approximate surface area is 214 Å². The maximum absolute atomic E-state index is 10.6. The second kappa shape index (κ2) is 11.3. The summed E-state index contributed by atoms with van der Waals surface area (Å²) in [7, 11) is 0. The van der Waals surface area contributed by atoms with E-state index >= 15 is 0 Å². The molecule has 2 aliphatic rings. The number of anilines is 1. The summed E-state index contributed by atoms with van der Waals surface area (Å²) in [5.74, 6) is 0.667. The minimum absolute atomic E-state index is 0.284. The quantitative estimate of drug-likeness (QED) is 0.487. The molecule has 6 nitrogen and oxygen atoms in total. The monoisotopic (exact) mass is 486 g/mol. The highest BCUT2D eigenvalue weighted by atomic mass is 16.3. The van der Waals surface area contributed by atoms with Crippen molar-refractivity contribution in [1.82, 2.24) is 14.8 Å². The average molecular weight is 487 g/mol. The van der Waals surface area contributed by atoms with Gasteiger partial charge in [-0.2, -0.15) is 0 Å². The number of hydrogen-bond donors (Lipinski definition) is 2. The van der Waals surface area contributed by atoms with E-state index in [-0.39, 0.29) is 5.75 Å². The van der Waals surface area contributed by atoms with Gasteiger partial charge < -0.3 is 15.1 Å². The number of rotatable bonds is 8. The van der Waals surface area contributed by atoms with Crippen molar-refractivity contribution in [3.63, 3.8) is 0 Å². The third-order valence-corrected chi connectivity index (χ3v) is 7.78. The Bertz CT molecular complexity index is 1140. The molecule has 1 aliphatic carbocycles. The first-order chi connectivity index (χ1) is 17.6. The molecule has 36 heavy (non-hydrogen) atoms. The molecule has 0 amide bonds. The van der Waals surface area contributed by atoms with Gasteiger partial charge in [-0.1, -0.05) is 19.1 Å².